The zero-order valence-electron chi connectivity index (χ0n) is 9.89. The molecule has 0 bridgehead atoms. The molecule has 0 radical (unpaired) electrons. The van der Waals surface area contributed by atoms with Gasteiger partial charge in [-0.15, -0.1) is 0 Å². The van der Waals surface area contributed by atoms with Gasteiger partial charge in [0, 0.05) is 5.56 Å². The van der Waals surface area contributed by atoms with Gasteiger partial charge in [0.25, 0.3) is 10.1 Å². The maximum Gasteiger partial charge on any atom is 0.264 e. The van der Waals surface area contributed by atoms with Crippen molar-refractivity contribution in [2.75, 3.05) is 12.9 Å². The Bertz CT molecular complexity index is 615. The molecule has 2 rings (SSSR count). The molecule has 104 valence electrons. The molecule has 1 N–H and O–H groups in total. The van der Waals surface area contributed by atoms with Crippen LogP contribution in [0.5, 0.6) is 0 Å². The molecule has 0 aliphatic carbocycles. The van der Waals surface area contributed by atoms with E-state index in [1.54, 1.807) is 0 Å². The fraction of sp³-hybridized carbons (Fsp3) is 0.273. The van der Waals surface area contributed by atoms with E-state index in [0.29, 0.717) is 11.3 Å². The van der Waals surface area contributed by atoms with Gasteiger partial charge in [-0.3, -0.25) is 14.5 Å². The van der Waals surface area contributed by atoms with Crippen LogP contribution in [0.3, 0.4) is 0 Å². The molecule has 1 aromatic rings. The fourth-order valence-corrected chi connectivity index (χ4v) is 1.87. The highest BCUT2D eigenvalue weighted by Gasteiger charge is 2.20. The van der Waals surface area contributed by atoms with Crippen molar-refractivity contribution in [3.63, 3.8) is 0 Å². The predicted octanol–water partition coefficient (Wildman–Crippen LogP) is 1.19. The van der Waals surface area contributed by atoms with E-state index in [1.807, 2.05) is 0 Å². The second-order valence-corrected chi connectivity index (χ2v) is 5.60. The summed E-state index contributed by atoms with van der Waals surface area (Å²) in [5, 5.41) is 0. The van der Waals surface area contributed by atoms with E-state index in [-0.39, 0.29) is 6.61 Å². The van der Waals surface area contributed by atoms with Crippen LogP contribution in [-0.2, 0) is 19.1 Å². The largest absolute Gasteiger partial charge is 0.267 e. The van der Waals surface area contributed by atoms with Gasteiger partial charge in [0.2, 0.25) is 0 Å². The van der Waals surface area contributed by atoms with Crippen molar-refractivity contribution in [2.24, 2.45) is 0 Å². The summed E-state index contributed by atoms with van der Waals surface area (Å²) in [5.74, 6) is -1.92. The summed E-state index contributed by atoms with van der Waals surface area (Å²) in [5.41, 5.74) is 3.31. The van der Waals surface area contributed by atoms with E-state index >= 15 is 0 Å². The summed E-state index contributed by atoms with van der Waals surface area (Å²) < 4.78 is 52.0. The Balaban J connectivity index is 2.08. The molecule has 0 aromatic heterocycles. The van der Waals surface area contributed by atoms with Crippen molar-refractivity contribution in [2.45, 2.75) is 6.10 Å². The highest BCUT2D eigenvalue weighted by molar-refractivity contribution is 7.85. The molecule has 0 saturated carbocycles. The second kappa shape index (κ2) is 5.24. The first-order chi connectivity index (χ1) is 8.85. The molecule has 1 aliphatic rings. The molecule has 1 atom stereocenters. The number of hydrogen-bond acceptors (Lipinski definition) is 5. The predicted molar refractivity (Wildman–Crippen MR) is 63.1 cm³/mol. The van der Waals surface area contributed by atoms with Gasteiger partial charge in [0.15, 0.2) is 11.6 Å². The monoisotopic (exact) mass is 291 g/mol. The molecule has 0 amide bonds. The first-order valence-corrected chi connectivity index (χ1v) is 7.10. The zero-order chi connectivity index (χ0) is 14.0. The van der Waals surface area contributed by atoms with Crippen molar-refractivity contribution in [3.05, 3.63) is 41.5 Å². The Kier molecular flexibility index (Phi) is 3.83. The Morgan fingerprint density at radius 2 is 2.11 bits per heavy atom. The van der Waals surface area contributed by atoms with Gasteiger partial charge >= 0.3 is 0 Å². The van der Waals surface area contributed by atoms with E-state index in [0.717, 1.165) is 18.4 Å². The van der Waals surface area contributed by atoms with Crippen molar-refractivity contribution in [1.29, 1.82) is 0 Å². The van der Waals surface area contributed by atoms with E-state index in [1.165, 1.54) is 12.1 Å². The van der Waals surface area contributed by atoms with E-state index in [4.69, 9.17) is 4.84 Å². The topological polar surface area (TPSA) is 64.6 Å². The number of nitrogens with one attached hydrogen (secondary N) is 1. The standard InChI is InChI=1S/C11H11F2NO4S/c1-19(15,16)17-6-8-5-11(14-18-8)7-2-3-9(12)10(13)4-7/h2-5,8,14H,6H2,1H3. The van der Waals surface area contributed by atoms with Crippen LogP contribution in [0.15, 0.2) is 24.3 Å². The SMILES string of the molecule is CS(=O)(=O)OCC1C=C(c2ccc(F)c(F)c2)NO1. The number of halogens is 2. The smallest absolute Gasteiger partial charge is 0.264 e. The molecule has 1 unspecified atom stereocenters. The lowest BCUT2D eigenvalue weighted by molar-refractivity contribution is 0.0252. The third kappa shape index (κ3) is 3.72. The average Bonchev–Trinajstić information content (AvgIpc) is 2.78. The lowest BCUT2D eigenvalue weighted by Crippen LogP contribution is -2.19. The molecular formula is C11H11F2NO4S. The lowest BCUT2D eigenvalue weighted by atomic mass is 10.1. The Morgan fingerprint density at radius 1 is 1.37 bits per heavy atom. The third-order valence-corrected chi connectivity index (χ3v) is 2.91. The quantitative estimate of drug-likeness (QED) is 0.844. The average molecular weight is 291 g/mol. The number of hydrogen-bond donors (Lipinski definition) is 1. The summed E-state index contributed by atoms with van der Waals surface area (Å²) in [6.07, 6.45) is 1.82. The van der Waals surface area contributed by atoms with Crippen LogP contribution < -0.4 is 5.48 Å². The normalized spacial score (nSPS) is 19.1. The molecule has 0 fully saturated rings. The molecule has 1 aliphatic heterocycles. The van der Waals surface area contributed by atoms with Gasteiger partial charge in [0.1, 0.15) is 6.10 Å². The second-order valence-electron chi connectivity index (χ2n) is 3.96. The highest BCUT2D eigenvalue weighted by atomic mass is 32.2. The molecule has 0 saturated heterocycles. The minimum absolute atomic E-state index is 0.195. The summed E-state index contributed by atoms with van der Waals surface area (Å²) in [4.78, 5) is 5.04. The Hall–Kier alpha value is -1.51. The van der Waals surface area contributed by atoms with Gasteiger partial charge < -0.3 is 0 Å². The van der Waals surface area contributed by atoms with Crippen LogP contribution >= 0.6 is 0 Å². The van der Waals surface area contributed by atoms with Crippen molar-refractivity contribution < 1.29 is 26.2 Å². The Labute approximate surface area is 108 Å². The summed E-state index contributed by atoms with van der Waals surface area (Å²) >= 11 is 0. The summed E-state index contributed by atoms with van der Waals surface area (Å²) in [6.45, 7) is -0.195. The molecule has 8 heteroatoms. The van der Waals surface area contributed by atoms with E-state index < -0.39 is 27.9 Å². The highest BCUT2D eigenvalue weighted by Crippen LogP contribution is 2.20. The first kappa shape index (κ1) is 13.9. The third-order valence-electron chi connectivity index (χ3n) is 2.35. The molecule has 0 spiro atoms. The van der Waals surface area contributed by atoms with Crippen LogP contribution in [0.25, 0.3) is 5.70 Å². The summed E-state index contributed by atoms with van der Waals surface area (Å²) in [6, 6.07) is 3.38. The lowest BCUT2D eigenvalue weighted by Gasteiger charge is -2.06. The minimum atomic E-state index is -3.55. The molecule has 1 aromatic carbocycles. The van der Waals surface area contributed by atoms with E-state index in [2.05, 4.69) is 9.66 Å². The van der Waals surface area contributed by atoms with Gasteiger partial charge in [-0.05, 0) is 24.3 Å². The van der Waals surface area contributed by atoms with Gasteiger partial charge in [0.05, 0.1) is 18.6 Å². The molecule has 19 heavy (non-hydrogen) atoms. The number of hydroxylamine groups is 1. The van der Waals surface area contributed by atoms with Gasteiger partial charge in [-0.2, -0.15) is 8.42 Å². The van der Waals surface area contributed by atoms with Crippen LogP contribution in [-0.4, -0.2) is 27.4 Å². The number of rotatable bonds is 4. The maximum absolute atomic E-state index is 13.1. The molecular weight excluding hydrogens is 280 g/mol. The zero-order valence-corrected chi connectivity index (χ0v) is 10.7. The minimum Gasteiger partial charge on any atom is -0.267 e. The Morgan fingerprint density at radius 3 is 2.74 bits per heavy atom. The van der Waals surface area contributed by atoms with Gasteiger partial charge in [-0.1, -0.05) is 0 Å². The van der Waals surface area contributed by atoms with Crippen molar-refractivity contribution in [3.8, 4) is 0 Å². The fourth-order valence-electron chi connectivity index (χ4n) is 1.48. The van der Waals surface area contributed by atoms with Gasteiger partial charge in [-0.25, -0.2) is 8.78 Å². The first-order valence-electron chi connectivity index (χ1n) is 5.28. The van der Waals surface area contributed by atoms with Crippen LogP contribution in [0.1, 0.15) is 5.56 Å². The van der Waals surface area contributed by atoms with Crippen molar-refractivity contribution in [1.82, 2.24) is 5.48 Å². The summed E-state index contributed by atoms with van der Waals surface area (Å²) in [7, 11) is -3.55. The number of benzene rings is 1. The van der Waals surface area contributed by atoms with Crippen LogP contribution in [0.2, 0.25) is 0 Å². The molecule has 1 heterocycles. The maximum atomic E-state index is 13.1. The molecule has 5 nitrogen and oxygen atoms in total. The van der Waals surface area contributed by atoms with Crippen LogP contribution in [0, 0.1) is 11.6 Å². The van der Waals surface area contributed by atoms with E-state index in [9.17, 15) is 17.2 Å². The van der Waals surface area contributed by atoms with Crippen molar-refractivity contribution >= 4 is 15.8 Å². The van der Waals surface area contributed by atoms with Crippen LogP contribution in [0.4, 0.5) is 8.78 Å².